The zero-order valence-corrected chi connectivity index (χ0v) is 8.89. The highest BCUT2D eigenvalue weighted by Crippen LogP contribution is 2.37. The first-order valence-electron chi connectivity index (χ1n) is 4.62. The van der Waals surface area contributed by atoms with E-state index in [0.717, 1.165) is 6.07 Å². The molecule has 0 aliphatic carbocycles. The van der Waals surface area contributed by atoms with Crippen LogP contribution in [0.15, 0.2) is 12.1 Å². The van der Waals surface area contributed by atoms with E-state index in [4.69, 9.17) is 4.74 Å². The number of rotatable bonds is 4. The number of aromatic hydroxyl groups is 1. The average molecular weight is 225 g/mol. The molecule has 16 heavy (non-hydrogen) atoms. The number of hydrogen-bond donors (Lipinski definition) is 1. The largest absolute Gasteiger partial charge is 0.500 e. The molecule has 0 fully saturated rings. The molecule has 0 spiro atoms. The van der Waals surface area contributed by atoms with E-state index in [-0.39, 0.29) is 23.7 Å². The summed E-state index contributed by atoms with van der Waals surface area (Å²) < 4.78 is 5.01. The fraction of sp³-hybridized carbons (Fsp3) is 0.300. The highest BCUT2D eigenvalue weighted by molar-refractivity contribution is 5.95. The predicted molar refractivity (Wildman–Crippen MR) is 55.9 cm³/mol. The van der Waals surface area contributed by atoms with Crippen LogP contribution in [0.5, 0.6) is 11.5 Å². The van der Waals surface area contributed by atoms with E-state index < -0.39 is 16.4 Å². The Morgan fingerprint density at radius 1 is 1.56 bits per heavy atom. The van der Waals surface area contributed by atoms with Crippen molar-refractivity contribution in [3.05, 3.63) is 27.8 Å². The molecule has 0 unspecified atom stereocenters. The van der Waals surface area contributed by atoms with Gasteiger partial charge in [0.2, 0.25) is 5.75 Å². The molecule has 0 saturated carbocycles. The molecule has 0 radical (unpaired) electrons. The zero-order chi connectivity index (χ0) is 12.3. The SMILES string of the molecule is CCOc1cc(C(C)=O)cc([N+](=O)[O-])c1O. The van der Waals surface area contributed by atoms with Gasteiger partial charge >= 0.3 is 5.69 Å². The van der Waals surface area contributed by atoms with Gasteiger partial charge in [-0.1, -0.05) is 0 Å². The van der Waals surface area contributed by atoms with E-state index in [1.165, 1.54) is 13.0 Å². The zero-order valence-electron chi connectivity index (χ0n) is 8.89. The highest BCUT2D eigenvalue weighted by atomic mass is 16.6. The number of nitro groups is 1. The summed E-state index contributed by atoms with van der Waals surface area (Å²) in [6.07, 6.45) is 0. The Hall–Kier alpha value is -2.11. The molecule has 1 aromatic carbocycles. The molecule has 0 aromatic heterocycles. The number of ether oxygens (including phenoxy) is 1. The summed E-state index contributed by atoms with van der Waals surface area (Å²) in [6.45, 7) is 3.20. The molecule has 0 atom stereocenters. The van der Waals surface area contributed by atoms with Crippen LogP contribution in [0.1, 0.15) is 24.2 Å². The number of nitro benzene ring substituents is 1. The lowest BCUT2D eigenvalue weighted by Crippen LogP contribution is -2.00. The first-order valence-corrected chi connectivity index (χ1v) is 4.62. The number of hydrogen-bond acceptors (Lipinski definition) is 5. The Kier molecular flexibility index (Phi) is 3.44. The minimum absolute atomic E-state index is 0.0538. The standard InChI is InChI=1S/C10H11NO5/c1-3-16-9-5-7(6(2)12)4-8(10(9)13)11(14)15/h4-5,13H,3H2,1-2H3. The van der Waals surface area contributed by atoms with Crippen molar-refractivity contribution in [3.63, 3.8) is 0 Å². The van der Waals surface area contributed by atoms with Crippen LogP contribution in [0, 0.1) is 10.1 Å². The minimum atomic E-state index is -0.760. The molecule has 0 bridgehead atoms. The fourth-order valence-corrected chi connectivity index (χ4v) is 1.20. The molecule has 1 N–H and O–H groups in total. The van der Waals surface area contributed by atoms with Gasteiger partial charge in [0.05, 0.1) is 11.5 Å². The van der Waals surface area contributed by atoms with E-state index in [2.05, 4.69) is 0 Å². The minimum Gasteiger partial charge on any atom is -0.500 e. The summed E-state index contributed by atoms with van der Waals surface area (Å²) in [5.41, 5.74) is -0.399. The van der Waals surface area contributed by atoms with Gasteiger partial charge in [-0.2, -0.15) is 0 Å². The number of Topliss-reactive ketones (excluding diaryl/α,β-unsaturated/α-hetero) is 1. The van der Waals surface area contributed by atoms with Crippen LogP contribution in [0.3, 0.4) is 0 Å². The highest BCUT2D eigenvalue weighted by Gasteiger charge is 2.21. The Balaban J connectivity index is 3.38. The smallest absolute Gasteiger partial charge is 0.315 e. The number of phenols is 1. The second-order valence-corrected chi connectivity index (χ2v) is 3.09. The molecule has 86 valence electrons. The first kappa shape index (κ1) is 12.0. The van der Waals surface area contributed by atoms with E-state index >= 15 is 0 Å². The number of phenolic OH excluding ortho intramolecular Hbond substituents is 1. The third kappa shape index (κ3) is 2.28. The van der Waals surface area contributed by atoms with Crippen molar-refractivity contribution < 1.29 is 19.6 Å². The lowest BCUT2D eigenvalue weighted by Gasteiger charge is -2.07. The van der Waals surface area contributed by atoms with Gasteiger partial charge in [0, 0.05) is 11.6 Å². The second-order valence-electron chi connectivity index (χ2n) is 3.09. The third-order valence-electron chi connectivity index (χ3n) is 1.96. The van der Waals surface area contributed by atoms with Crippen LogP contribution >= 0.6 is 0 Å². The third-order valence-corrected chi connectivity index (χ3v) is 1.96. The number of ketones is 1. The molecule has 6 nitrogen and oxygen atoms in total. The van der Waals surface area contributed by atoms with Crippen LogP contribution < -0.4 is 4.74 Å². The van der Waals surface area contributed by atoms with Gasteiger partial charge in [-0.15, -0.1) is 0 Å². The van der Waals surface area contributed by atoms with Crippen molar-refractivity contribution in [2.75, 3.05) is 6.61 Å². The Bertz CT molecular complexity index is 441. The summed E-state index contributed by atoms with van der Waals surface area (Å²) >= 11 is 0. The normalized spacial score (nSPS) is 9.88. The van der Waals surface area contributed by atoms with Crippen LogP contribution in [0.4, 0.5) is 5.69 Å². The van der Waals surface area contributed by atoms with Gasteiger partial charge in [-0.25, -0.2) is 0 Å². The molecular weight excluding hydrogens is 214 g/mol. The van der Waals surface area contributed by atoms with Crippen molar-refractivity contribution in [3.8, 4) is 11.5 Å². The van der Waals surface area contributed by atoms with Gasteiger partial charge in [-0.05, 0) is 19.9 Å². The van der Waals surface area contributed by atoms with E-state index in [1.54, 1.807) is 6.92 Å². The summed E-state index contributed by atoms with van der Waals surface area (Å²) in [5.74, 6) is -0.942. The van der Waals surface area contributed by atoms with Crippen LogP contribution in [0.25, 0.3) is 0 Å². The summed E-state index contributed by atoms with van der Waals surface area (Å²) in [5, 5.41) is 20.2. The molecule has 0 saturated heterocycles. The van der Waals surface area contributed by atoms with Gasteiger partial charge in [0.25, 0.3) is 0 Å². The predicted octanol–water partition coefficient (Wildman–Crippen LogP) is 1.90. The molecule has 0 amide bonds. The Morgan fingerprint density at radius 2 is 2.19 bits per heavy atom. The lowest BCUT2D eigenvalue weighted by atomic mass is 10.1. The molecular formula is C10H11NO5. The number of benzene rings is 1. The van der Waals surface area contributed by atoms with E-state index in [1.807, 2.05) is 0 Å². The number of nitrogens with zero attached hydrogens (tertiary/aromatic N) is 1. The van der Waals surface area contributed by atoms with Crippen LogP contribution in [-0.4, -0.2) is 22.4 Å². The van der Waals surface area contributed by atoms with Gasteiger partial charge < -0.3 is 9.84 Å². The van der Waals surface area contributed by atoms with Crippen molar-refractivity contribution >= 4 is 11.5 Å². The molecule has 0 aliphatic rings. The van der Waals surface area contributed by atoms with Crippen molar-refractivity contribution in [1.29, 1.82) is 0 Å². The monoisotopic (exact) mass is 225 g/mol. The average Bonchev–Trinajstić information content (AvgIpc) is 2.20. The summed E-state index contributed by atoms with van der Waals surface area (Å²) in [6, 6.07) is 2.31. The molecule has 1 aromatic rings. The van der Waals surface area contributed by atoms with Gasteiger partial charge in [0.1, 0.15) is 0 Å². The maximum absolute atomic E-state index is 11.1. The summed E-state index contributed by atoms with van der Waals surface area (Å²) in [7, 11) is 0. The summed E-state index contributed by atoms with van der Waals surface area (Å²) in [4.78, 5) is 21.0. The Morgan fingerprint density at radius 3 is 2.62 bits per heavy atom. The van der Waals surface area contributed by atoms with Gasteiger partial charge in [-0.3, -0.25) is 14.9 Å². The molecule has 6 heteroatoms. The van der Waals surface area contributed by atoms with Crippen molar-refractivity contribution in [2.45, 2.75) is 13.8 Å². The fourth-order valence-electron chi connectivity index (χ4n) is 1.20. The number of carbonyl (C=O) groups excluding carboxylic acids is 1. The quantitative estimate of drug-likeness (QED) is 0.480. The molecule has 1 rings (SSSR count). The van der Waals surface area contributed by atoms with Crippen LogP contribution in [0.2, 0.25) is 0 Å². The van der Waals surface area contributed by atoms with Crippen molar-refractivity contribution in [2.24, 2.45) is 0 Å². The maximum atomic E-state index is 11.1. The van der Waals surface area contributed by atoms with E-state index in [9.17, 15) is 20.0 Å². The first-order chi connectivity index (χ1) is 7.47. The number of carbonyl (C=O) groups is 1. The topological polar surface area (TPSA) is 89.7 Å². The Labute approximate surface area is 91.6 Å². The van der Waals surface area contributed by atoms with Gasteiger partial charge in [0.15, 0.2) is 11.5 Å². The van der Waals surface area contributed by atoms with E-state index in [0.29, 0.717) is 0 Å². The molecule has 0 heterocycles. The second kappa shape index (κ2) is 4.61. The lowest BCUT2D eigenvalue weighted by molar-refractivity contribution is -0.386. The molecule has 0 aliphatic heterocycles. The van der Waals surface area contributed by atoms with Crippen LogP contribution in [-0.2, 0) is 0 Å². The van der Waals surface area contributed by atoms with Crippen molar-refractivity contribution in [1.82, 2.24) is 0 Å². The maximum Gasteiger partial charge on any atom is 0.315 e.